The second kappa shape index (κ2) is 5.39. The second-order valence-corrected chi connectivity index (χ2v) is 2.50. The molecule has 0 aliphatic rings. The number of hydrogen-bond donors (Lipinski definition) is 2. The second-order valence-electron chi connectivity index (χ2n) is 2.50. The molecule has 0 unspecified atom stereocenters. The highest BCUT2D eigenvalue weighted by molar-refractivity contribution is 5.27. The number of anilines is 1. The van der Waals surface area contributed by atoms with Crippen molar-refractivity contribution >= 4 is 5.95 Å². The van der Waals surface area contributed by atoms with Crippen molar-refractivity contribution in [1.29, 1.82) is 0 Å². The number of rotatable bonds is 5. The third-order valence-corrected chi connectivity index (χ3v) is 1.56. The van der Waals surface area contributed by atoms with Gasteiger partial charge in [-0.2, -0.15) is 0 Å². The zero-order valence-corrected chi connectivity index (χ0v) is 7.43. The first-order valence-electron chi connectivity index (χ1n) is 4.15. The lowest BCUT2D eigenvalue weighted by molar-refractivity contribution is 0.749. The highest BCUT2D eigenvalue weighted by atomic mass is 15.3. The lowest BCUT2D eigenvalue weighted by Gasteiger charge is -2.19. The third-order valence-electron chi connectivity index (χ3n) is 1.56. The van der Waals surface area contributed by atoms with Gasteiger partial charge in [0.2, 0.25) is 5.95 Å². The van der Waals surface area contributed by atoms with E-state index in [1.807, 2.05) is 4.90 Å². The summed E-state index contributed by atoms with van der Waals surface area (Å²) in [6.07, 6.45) is 2.92. The van der Waals surface area contributed by atoms with Gasteiger partial charge in [0.05, 0.1) is 0 Å². The molecule has 4 N–H and O–H groups in total. The summed E-state index contributed by atoms with van der Waals surface area (Å²) in [5.41, 5.74) is 10.9. The maximum Gasteiger partial charge on any atom is 0.228 e. The molecule has 1 rings (SSSR count). The Bertz CT molecular complexity index is 220. The van der Waals surface area contributed by atoms with E-state index in [-0.39, 0.29) is 0 Å². The molecule has 1 aromatic rings. The maximum absolute atomic E-state index is 5.44. The predicted octanol–water partition coefficient (Wildman–Crippen LogP) is -1.40. The molecule has 6 nitrogen and oxygen atoms in total. The van der Waals surface area contributed by atoms with Crippen molar-refractivity contribution in [3.8, 4) is 0 Å². The Morgan fingerprint density at radius 2 is 1.62 bits per heavy atom. The predicted molar refractivity (Wildman–Crippen MR) is 50.1 cm³/mol. The smallest absolute Gasteiger partial charge is 0.228 e. The summed E-state index contributed by atoms with van der Waals surface area (Å²) in [5, 5.41) is 0. The van der Waals surface area contributed by atoms with Gasteiger partial charge in [-0.05, 0) is 0 Å². The molecule has 0 aliphatic heterocycles. The summed E-state index contributed by atoms with van der Waals surface area (Å²) in [4.78, 5) is 13.7. The highest BCUT2D eigenvalue weighted by Crippen LogP contribution is 2.01. The molecule has 0 radical (unpaired) electrons. The summed E-state index contributed by atoms with van der Waals surface area (Å²) in [7, 11) is 0. The zero-order chi connectivity index (χ0) is 9.52. The fourth-order valence-electron chi connectivity index (χ4n) is 1.02. The van der Waals surface area contributed by atoms with Crippen LogP contribution in [0, 0.1) is 0 Å². The monoisotopic (exact) mass is 182 g/mol. The molecular weight excluding hydrogens is 168 g/mol. The van der Waals surface area contributed by atoms with Gasteiger partial charge in [-0.15, -0.1) is 0 Å². The van der Waals surface area contributed by atoms with E-state index in [4.69, 9.17) is 11.5 Å². The molecule has 1 aromatic heterocycles. The van der Waals surface area contributed by atoms with Gasteiger partial charge in [0.1, 0.15) is 12.7 Å². The molecule has 0 atom stereocenters. The largest absolute Gasteiger partial charge is 0.338 e. The summed E-state index contributed by atoms with van der Waals surface area (Å²) in [5.74, 6) is 0.630. The summed E-state index contributed by atoms with van der Waals surface area (Å²) >= 11 is 0. The minimum Gasteiger partial charge on any atom is -0.338 e. The number of nitrogens with two attached hydrogens (primary N) is 2. The van der Waals surface area contributed by atoms with Crippen LogP contribution >= 0.6 is 0 Å². The highest BCUT2D eigenvalue weighted by Gasteiger charge is 2.05. The molecule has 0 aromatic carbocycles. The molecule has 0 fully saturated rings. The van der Waals surface area contributed by atoms with E-state index >= 15 is 0 Å². The molecule has 6 heteroatoms. The Kier molecular flexibility index (Phi) is 4.07. The van der Waals surface area contributed by atoms with Crippen LogP contribution in [0.5, 0.6) is 0 Å². The Labute approximate surface area is 77.0 Å². The molecule has 0 saturated carbocycles. The van der Waals surface area contributed by atoms with Crippen LogP contribution in [0.1, 0.15) is 0 Å². The van der Waals surface area contributed by atoms with E-state index in [1.165, 1.54) is 12.7 Å². The molecular formula is C7H14N6. The van der Waals surface area contributed by atoms with Crippen LogP contribution in [0.4, 0.5) is 5.95 Å². The molecule has 0 amide bonds. The first kappa shape index (κ1) is 9.82. The Morgan fingerprint density at radius 1 is 1.08 bits per heavy atom. The van der Waals surface area contributed by atoms with Gasteiger partial charge in [-0.25, -0.2) is 15.0 Å². The van der Waals surface area contributed by atoms with Gasteiger partial charge >= 0.3 is 0 Å². The molecule has 72 valence electrons. The van der Waals surface area contributed by atoms with Crippen molar-refractivity contribution in [2.45, 2.75) is 0 Å². The molecule has 0 saturated heterocycles. The van der Waals surface area contributed by atoms with Crippen LogP contribution < -0.4 is 16.4 Å². The van der Waals surface area contributed by atoms with Crippen molar-refractivity contribution in [1.82, 2.24) is 15.0 Å². The summed E-state index contributed by atoms with van der Waals surface area (Å²) in [6.45, 7) is 2.54. The maximum atomic E-state index is 5.44. The van der Waals surface area contributed by atoms with Crippen LogP contribution in [0.15, 0.2) is 12.7 Å². The van der Waals surface area contributed by atoms with Crippen molar-refractivity contribution in [2.24, 2.45) is 11.5 Å². The quantitative estimate of drug-likeness (QED) is 0.581. The van der Waals surface area contributed by atoms with Crippen LogP contribution in [-0.2, 0) is 0 Å². The van der Waals surface area contributed by atoms with Crippen molar-refractivity contribution in [2.75, 3.05) is 31.1 Å². The van der Waals surface area contributed by atoms with Gasteiger partial charge < -0.3 is 16.4 Å². The number of aromatic nitrogens is 3. The van der Waals surface area contributed by atoms with Crippen LogP contribution in [0.2, 0.25) is 0 Å². The Morgan fingerprint density at radius 3 is 2.08 bits per heavy atom. The van der Waals surface area contributed by atoms with Gasteiger partial charge in [0.25, 0.3) is 0 Å². The minimum atomic E-state index is 0.561. The lowest BCUT2D eigenvalue weighted by atomic mass is 10.5. The van der Waals surface area contributed by atoms with Gasteiger partial charge in [0, 0.05) is 26.2 Å². The molecule has 1 heterocycles. The van der Waals surface area contributed by atoms with E-state index < -0.39 is 0 Å². The van der Waals surface area contributed by atoms with Crippen molar-refractivity contribution in [3.05, 3.63) is 12.7 Å². The standard InChI is InChI=1S/C7H14N6/c8-1-3-13(4-2-9)7-11-5-10-6-12-7/h5-6H,1-4,8-9H2. The SMILES string of the molecule is NCCN(CCN)c1ncncn1. The van der Waals surface area contributed by atoms with Crippen LogP contribution in [-0.4, -0.2) is 41.1 Å². The normalized spacial score (nSPS) is 10.0. The molecule has 0 bridgehead atoms. The van der Waals surface area contributed by atoms with E-state index in [0.29, 0.717) is 32.1 Å². The van der Waals surface area contributed by atoms with E-state index in [9.17, 15) is 0 Å². The first-order chi connectivity index (χ1) is 6.38. The molecule has 13 heavy (non-hydrogen) atoms. The van der Waals surface area contributed by atoms with Crippen LogP contribution in [0.25, 0.3) is 0 Å². The topological polar surface area (TPSA) is 94.0 Å². The van der Waals surface area contributed by atoms with E-state index in [0.717, 1.165) is 0 Å². The average molecular weight is 182 g/mol. The first-order valence-corrected chi connectivity index (χ1v) is 4.15. The number of hydrogen-bond acceptors (Lipinski definition) is 6. The zero-order valence-electron chi connectivity index (χ0n) is 7.43. The van der Waals surface area contributed by atoms with E-state index in [2.05, 4.69) is 15.0 Å². The Hall–Kier alpha value is -1.27. The van der Waals surface area contributed by atoms with Crippen LogP contribution in [0.3, 0.4) is 0 Å². The minimum absolute atomic E-state index is 0.561. The van der Waals surface area contributed by atoms with Gasteiger partial charge in [-0.1, -0.05) is 0 Å². The third kappa shape index (κ3) is 2.92. The fraction of sp³-hybridized carbons (Fsp3) is 0.571. The average Bonchev–Trinajstić information content (AvgIpc) is 2.19. The van der Waals surface area contributed by atoms with Gasteiger partial charge in [0.15, 0.2) is 0 Å². The van der Waals surface area contributed by atoms with Crippen molar-refractivity contribution in [3.63, 3.8) is 0 Å². The molecule has 0 aliphatic carbocycles. The van der Waals surface area contributed by atoms with Crippen molar-refractivity contribution < 1.29 is 0 Å². The summed E-state index contributed by atoms with van der Waals surface area (Å²) < 4.78 is 0. The molecule has 0 spiro atoms. The summed E-state index contributed by atoms with van der Waals surface area (Å²) in [6, 6.07) is 0. The fourth-order valence-corrected chi connectivity index (χ4v) is 1.02. The van der Waals surface area contributed by atoms with E-state index in [1.54, 1.807) is 0 Å². The number of nitrogens with zero attached hydrogens (tertiary/aromatic N) is 4. The Balaban J connectivity index is 2.64. The van der Waals surface area contributed by atoms with Gasteiger partial charge in [-0.3, -0.25) is 0 Å². The lowest BCUT2D eigenvalue weighted by Crippen LogP contribution is -2.35.